The Hall–Kier alpha value is -3.91. The Morgan fingerprint density at radius 3 is 2.32 bits per heavy atom. The highest BCUT2D eigenvalue weighted by atomic mass is 32.1. The molecule has 0 spiro atoms. The summed E-state index contributed by atoms with van der Waals surface area (Å²) < 4.78 is 7.51. The van der Waals surface area contributed by atoms with E-state index in [-0.39, 0.29) is 11.8 Å². The van der Waals surface area contributed by atoms with Crippen LogP contribution < -0.4 is 4.74 Å². The first kappa shape index (κ1) is 25.7. The molecule has 1 aliphatic rings. The summed E-state index contributed by atoms with van der Waals surface area (Å²) in [7, 11) is 1.66. The number of methoxy groups -OCH3 is 1. The average molecular weight is 529 g/mol. The fraction of sp³-hybridized carbons (Fsp3) is 0.300. The van der Waals surface area contributed by atoms with Crippen molar-refractivity contribution in [2.45, 2.75) is 26.8 Å². The SMILES string of the molecule is COc1ccc(-c2nc(-c3cc(C(=O)N4CCN(C(C)=O)CC4)c(C)n3CCc3ccccc3)cs2)cc1. The Morgan fingerprint density at radius 2 is 1.66 bits per heavy atom. The third-order valence-electron chi connectivity index (χ3n) is 7.18. The van der Waals surface area contributed by atoms with E-state index in [0.29, 0.717) is 31.7 Å². The Morgan fingerprint density at radius 1 is 0.974 bits per heavy atom. The molecule has 4 aromatic rings. The second-order valence-corrected chi connectivity index (χ2v) is 10.3. The van der Waals surface area contributed by atoms with Crippen molar-refractivity contribution in [3.8, 4) is 27.7 Å². The highest BCUT2D eigenvalue weighted by Gasteiger charge is 2.27. The molecule has 196 valence electrons. The number of hydrogen-bond donors (Lipinski definition) is 0. The average Bonchev–Trinajstić information content (AvgIpc) is 3.57. The van der Waals surface area contributed by atoms with Crippen LogP contribution in [0.1, 0.15) is 28.5 Å². The van der Waals surface area contributed by atoms with Crippen LogP contribution in [0.25, 0.3) is 22.0 Å². The third kappa shape index (κ3) is 5.36. The summed E-state index contributed by atoms with van der Waals surface area (Å²) in [5.74, 6) is 0.873. The Labute approximate surface area is 227 Å². The number of ether oxygens (including phenoxy) is 1. The van der Waals surface area contributed by atoms with Crippen LogP contribution in [0, 0.1) is 6.92 Å². The lowest BCUT2D eigenvalue weighted by molar-refractivity contribution is -0.130. The predicted molar refractivity (Wildman–Crippen MR) is 151 cm³/mol. The highest BCUT2D eigenvalue weighted by molar-refractivity contribution is 7.13. The molecule has 0 atom stereocenters. The van der Waals surface area contributed by atoms with Crippen molar-refractivity contribution in [2.24, 2.45) is 0 Å². The molecule has 1 fully saturated rings. The Bertz CT molecular complexity index is 1420. The van der Waals surface area contributed by atoms with E-state index in [1.165, 1.54) is 5.56 Å². The van der Waals surface area contributed by atoms with Gasteiger partial charge in [0.25, 0.3) is 5.91 Å². The minimum atomic E-state index is 0.0102. The van der Waals surface area contributed by atoms with E-state index >= 15 is 0 Å². The minimum Gasteiger partial charge on any atom is -0.497 e. The zero-order valence-electron chi connectivity index (χ0n) is 22.0. The van der Waals surface area contributed by atoms with E-state index < -0.39 is 0 Å². The molecule has 2 aromatic carbocycles. The number of piperazine rings is 1. The van der Waals surface area contributed by atoms with E-state index in [1.54, 1.807) is 30.3 Å². The molecule has 5 rings (SSSR count). The largest absolute Gasteiger partial charge is 0.497 e. The third-order valence-corrected chi connectivity index (χ3v) is 8.07. The molecule has 8 heteroatoms. The molecule has 2 aromatic heterocycles. The van der Waals surface area contributed by atoms with Crippen molar-refractivity contribution in [3.63, 3.8) is 0 Å². The van der Waals surface area contributed by atoms with Crippen LogP contribution in [0.5, 0.6) is 5.75 Å². The fourth-order valence-corrected chi connectivity index (χ4v) is 5.72. The molecule has 0 unspecified atom stereocenters. The molecule has 0 N–H and O–H groups in total. The predicted octanol–water partition coefficient (Wildman–Crippen LogP) is 5.14. The van der Waals surface area contributed by atoms with E-state index in [0.717, 1.165) is 46.4 Å². The molecule has 0 aliphatic carbocycles. The van der Waals surface area contributed by atoms with E-state index in [2.05, 4.69) is 34.2 Å². The number of benzene rings is 2. The Balaban J connectivity index is 1.46. The minimum absolute atomic E-state index is 0.0102. The van der Waals surface area contributed by atoms with Gasteiger partial charge in [-0.15, -0.1) is 11.3 Å². The van der Waals surface area contributed by atoms with Crippen molar-refractivity contribution in [2.75, 3.05) is 33.3 Å². The number of amides is 2. The number of nitrogens with zero attached hydrogens (tertiary/aromatic N) is 4. The zero-order chi connectivity index (χ0) is 26.6. The summed E-state index contributed by atoms with van der Waals surface area (Å²) >= 11 is 1.59. The Kier molecular flexibility index (Phi) is 7.60. The molecule has 1 aliphatic heterocycles. The number of aromatic nitrogens is 2. The number of hydrogen-bond acceptors (Lipinski definition) is 5. The summed E-state index contributed by atoms with van der Waals surface area (Å²) in [5, 5.41) is 2.98. The molecule has 7 nitrogen and oxygen atoms in total. The maximum atomic E-state index is 13.6. The molecule has 38 heavy (non-hydrogen) atoms. The van der Waals surface area contributed by atoms with Gasteiger partial charge in [-0.2, -0.15) is 0 Å². The maximum absolute atomic E-state index is 13.6. The van der Waals surface area contributed by atoms with Crippen molar-refractivity contribution >= 4 is 23.2 Å². The second kappa shape index (κ2) is 11.2. The number of carbonyl (C=O) groups is 2. The lowest BCUT2D eigenvalue weighted by Gasteiger charge is -2.34. The molecule has 3 heterocycles. The van der Waals surface area contributed by atoms with Crippen LogP contribution in [0.4, 0.5) is 0 Å². The first-order valence-corrected chi connectivity index (χ1v) is 13.7. The van der Waals surface area contributed by atoms with E-state index in [1.807, 2.05) is 48.2 Å². The summed E-state index contributed by atoms with van der Waals surface area (Å²) in [6.45, 7) is 6.56. The number of carbonyl (C=O) groups excluding carboxylic acids is 2. The summed E-state index contributed by atoms with van der Waals surface area (Å²) in [6.07, 6.45) is 0.851. The molecule has 0 saturated carbocycles. The second-order valence-electron chi connectivity index (χ2n) is 9.48. The van der Waals surface area contributed by atoms with Crippen LogP contribution in [0.15, 0.2) is 66.0 Å². The van der Waals surface area contributed by atoms with Gasteiger partial charge >= 0.3 is 0 Å². The summed E-state index contributed by atoms with van der Waals surface area (Å²) in [4.78, 5) is 34.0. The van der Waals surface area contributed by atoms with Gasteiger partial charge in [-0.3, -0.25) is 9.59 Å². The molecule has 0 radical (unpaired) electrons. The molecular weight excluding hydrogens is 496 g/mol. The maximum Gasteiger partial charge on any atom is 0.255 e. The number of thiazole rings is 1. The van der Waals surface area contributed by atoms with Crippen molar-refractivity contribution in [1.29, 1.82) is 0 Å². The van der Waals surface area contributed by atoms with Gasteiger partial charge in [0.15, 0.2) is 0 Å². The van der Waals surface area contributed by atoms with Gasteiger partial charge < -0.3 is 19.1 Å². The van der Waals surface area contributed by atoms with Gasteiger partial charge in [0.2, 0.25) is 5.91 Å². The standard InChI is InChI=1S/C30H32N4O3S/c1-21-26(30(36)33-17-15-32(16-18-33)22(2)35)19-28(34(21)14-13-23-7-5-4-6-8-23)27-20-38-29(31-27)24-9-11-25(37-3)12-10-24/h4-12,19-20H,13-18H2,1-3H3. The molecule has 1 saturated heterocycles. The van der Waals surface area contributed by atoms with Crippen LogP contribution in [-0.4, -0.2) is 64.5 Å². The van der Waals surface area contributed by atoms with Crippen LogP contribution in [0.2, 0.25) is 0 Å². The van der Waals surface area contributed by atoms with Gasteiger partial charge in [-0.25, -0.2) is 4.98 Å². The topological polar surface area (TPSA) is 67.7 Å². The van der Waals surface area contributed by atoms with Gasteiger partial charge in [-0.05, 0) is 49.2 Å². The van der Waals surface area contributed by atoms with E-state index in [9.17, 15) is 9.59 Å². The van der Waals surface area contributed by atoms with Crippen molar-refractivity contribution < 1.29 is 14.3 Å². The number of rotatable bonds is 7. The van der Waals surface area contributed by atoms with Crippen molar-refractivity contribution in [3.05, 3.63) is 82.9 Å². The van der Waals surface area contributed by atoms with E-state index in [4.69, 9.17) is 9.72 Å². The fourth-order valence-electron chi connectivity index (χ4n) is 4.90. The molecular formula is C30H32N4O3S. The lowest BCUT2D eigenvalue weighted by atomic mass is 10.1. The molecule has 2 amide bonds. The first-order valence-electron chi connectivity index (χ1n) is 12.8. The first-order chi connectivity index (χ1) is 18.4. The lowest BCUT2D eigenvalue weighted by Crippen LogP contribution is -2.50. The van der Waals surface area contributed by atoms with Crippen LogP contribution >= 0.6 is 11.3 Å². The van der Waals surface area contributed by atoms with Gasteiger partial charge in [-0.1, -0.05) is 30.3 Å². The van der Waals surface area contributed by atoms with Crippen LogP contribution in [0.3, 0.4) is 0 Å². The summed E-state index contributed by atoms with van der Waals surface area (Å²) in [6, 6.07) is 20.3. The molecule has 0 bridgehead atoms. The van der Waals surface area contributed by atoms with Crippen LogP contribution in [-0.2, 0) is 17.8 Å². The number of aryl methyl sites for hydroxylation is 1. The van der Waals surface area contributed by atoms with Gasteiger partial charge in [0.1, 0.15) is 10.8 Å². The summed E-state index contributed by atoms with van der Waals surface area (Å²) in [5.41, 5.74) is 5.72. The van der Waals surface area contributed by atoms with Crippen molar-refractivity contribution in [1.82, 2.24) is 19.4 Å². The normalized spacial score (nSPS) is 13.6. The monoisotopic (exact) mass is 528 g/mol. The van der Waals surface area contributed by atoms with Gasteiger partial charge in [0, 0.05) is 56.3 Å². The smallest absolute Gasteiger partial charge is 0.255 e. The van der Waals surface area contributed by atoms with Gasteiger partial charge in [0.05, 0.1) is 24.1 Å². The quantitative estimate of drug-likeness (QED) is 0.333. The zero-order valence-corrected chi connectivity index (χ0v) is 22.8. The highest BCUT2D eigenvalue weighted by Crippen LogP contribution is 2.33.